The Morgan fingerprint density at radius 3 is 2.11 bits per heavy atom. The molecule has 1 N–H and O–H groups in total. The lowest BCUT2D eigenvalue weighted by Crippen LogP contribution is -2.21. The summed E-state index contributed by atoms with van der Waals surface area (Å²) in [6.07, 6.45) is 1.05. The molecule has 0 unspecified atom stereocenters. The summed E-state index contributed by atoms with van der Waals surface area (Å²) in [7, 11) is 2.98. The molecule has 2 aromatic carbocycles. The van der Waals surface area contributed by atoms with Crippen molar-refractivity contribution in [2.24, 2.45) is 0 Å². The Morgan fingerprint density at radius 2 is 1.59 bits per heavy atom. The fourth-order valence-electron chi connectivity index (χ4n) is 2.47. The van der Waals surface area contributed by atoms with E-state index in [4.69, 9.17) is 14.2 Å². The number of hydrogen-bond acceptors (Lipinski definition) is 5. The lowest BCUT2D eigenvalue weighted by atomic mass is 9.99. The minimum Gasteiger partial charge on any atom is -0.497 e. The molecule has 2 rings (SSSR count). The van der Waals surface area contributed by atoms with Crippen LogP contribution in [0.4, 0.5) is 5.69 Å². The third kappa shape index (κ3) is 5.74. The Kier molecular flexibility index (Phi) is 7.23. The summed E-state index contributed by atoms with van der Waals surface area (Å²) in [5, 5.41) is 2.71. The van der Waals surface area contributed by atoms with Crippen LogP contribution in [-0.2, 0) is 9.53 Å². The van der Waals surface area contributed by atoms with Crippen molar-refractivity contribution in [1.82, 2.24) is 0 Å². The van der Waals surface area contributed by atoms with Crippen LogP contribution in [-0.4, -0.2) is 32.7 Å². The summed E-state index contributed by atoms with van der Waals surface area (Å²) in [5.74, 6) is 0.360. The van der Waals surface area contributed by atoms with Crippen LogP contribution in [0.3, 0.4) is 0 Å². The number of anilines is 1. The highest BCUT2D eigenvalue weighted by Crippen LogP contribution is 2.23. The summed E-state index contributed by atoms with van der Waals surface area (Å²) >= 11 is 0. The monoisotopic (exact) mass is 371 g/mol. The molecule has 0 aliphatic carbocycles. The standard InChI is InChI=1S/C21H25NO5/c1-5-14(2)15-6-8-17(9-7-15)22-20(23)13-27-21(24)16-10-18(25-3)12-19(11-16)26-4/h6-12,14H,5,13H2,1-4H3,(H,22,23)/t14-/m1/s1. The molecule has 0 saturated heterocycles. The van der Waals surface area contributed by atoms with Gasteiger partial charge in [-0.1, -0.05) is 26.0 Å². The molecule has 2 aromatic rings. The highest BCUT2D eigenvalue weighted by molar-refractivity contribution is 5.95. The summed E-state index contributed by atoms with van der Waals surface area (Å²) < 4.78 is 15.3. The highest BCUT2D eigenvalue weighted by atomic mass is 16.5. The zero-order valence-electron chi connectivity index (χ0n) is 16.1. The molecule has 1 atom stereocenters. The van der Waals surface area contributed by atoms with Crippen molar-refractivity contribution in [2.75, 3.05) is 26.1 Å². The number of carbonyl (C=O) groups excluding carboxylic acids is 2. The molecule has 0 aliphatic heterocycles. The molecule has 0 radical (unpaired) electrons. The van der Waals surface area contributed by atoms with Crippen LogP contribution in [0.25, 0.3) is 0 Å². The maximum absolute atomic E-state index is 12.2. The molecule has 0 spiro atoms. The first kappa shape index (κ1) is 20.3. The number of esters is 1. The summed E-state index contributed by atoms with van der Waals surface area (Å²) in [4.78, 5) is 24.2. The Hall–Kier alpha value is -3.02. The summed E-state index contributed by atoms with van der Waals surface area (Å²) in [6.45, 7) is 3.90. The van der Waals surface area contributed by atoms with E-state index in [9.17, 15) is 9.59 Å². The van der Waals surface area contributed by atoms with E-state index in [0.717, 1.165) is 6.42 Å². The molecule has 6 nitrogen and oxygen atoms in total. The normalized spacial score (nSPS) is 11.4. The maximum atomic E-state index is 12.2. The zero-order valence-corrected chi connectivity index (χ0v) is 16.1. The smallest absolute Gasteiger partial charge is 0.338 e. The topological polar surface area (TPSA) is 73.9 Å². The fraction of sp³-hybridized carbons (Fsp3) is 0.333. The number of methoxy groups -OCH3 is 2. The number of nitrogens with one attached hydrogen (secondary N) is 1. The van der Waals surface area contributed by atoms with E-state index in [1.807, 2.05) is 24.3 Å². The maximum Gasteiger partial charge on any atom is 0.338 e. The minimum absolute atomic E-state index is 0.247. The van der Waals surface area contributed by atoms with Crippen LogP contribution in [0.1, 0.15) is 42.1 Å². The fourth-order valence-corrected chi connectivity index (χ4v) is 2.47. The van der Waals surface area contributed by atoms with Gasteiger partial charge in [0.2, 0.25) is 0 Å². The Bertz CT molecular complexity index is 763. The third-order valence-electron chi connectivity index (χ3n) is 4.30. The van der Waals surface area contributed by atoms with Gasteiger partial charge in [-0.2, -0.15) is 0 Å². The van der Waals surface area contributed by atoms with Gasteiger partial charge in [0.05, 0.1) is 19.8 Å². The van der Waals surface area contributed by atoms with Gasteiger partial charge >= 0.3 is 5.97 Å². The first-order chi connectivity index (χ1) is 13.0. The van der Waals surface area contributed by atoms with E-state index >= 15 is 0 Å². The Balaban J connectivity index is 1.92. The Morgan fingerprint density at radius 1 is 1.00 bits per heavy atom. The van der Waals surface area contributed by atoms with Gasteiger partial charge in [0, 0.05) is 11.8 Å². The predicted octanol–water partition coefficient (Wildman–Crippen LogP) is 4.01. The van der Waals surface area contributed by atoms with Gasteiger partial charge in [-0.3, -0.25) is 4.79 Å². The SMILES string of the molecule is CC[C@@H](C)c1ccc(NC(=O)COC(=O)c2cc(OC)cc(OC)c2)cc1. The predicted molar refractivity (Wildman–Crippen MR) is 104 cm³/mol. The van der Waals surface area contributed by atoms with E-state index < -0.39 is 11.9 Å². The lowest BCUT2D eigenvalue weighted by Gasteiger charge is -2.11. The zero-order chi connectivity index (χ0) is 19.8. The van der Waals surface area contributed by atoms with Gasteiger partial charge in [-0.15, -0.1) is 0 Å². The van der Waals surface area contributed by atoms with Gasteiger partial charge in [-0.05, 0) is 42.2 Å². The van der Waals surface area contributed by atoms with Crippen molar-refractivity contribution in [3.63, 3.8) is 0 Å². The molecule has 0 fully saturated rings. The van der Waals surface area contributed by atoms with Crippen LogP contribution >= 0.6 is 0 Å². The van der Waals surface area contributed by atoms with Crippen molar-refractivity contribution >= 4 is 17.6 Å². The number of ether oxygens (including phenoxy) is 3. The van der Waals surface area contributed by atoms with E-state index in [2.05, 4.69) is 19.2 Å². The first-order valence-corrected chi connectivity index (χ1v) is 8.76. The number of carbonyl (C=O) groups is 2. The van der Waals surface area contributed by atoms with Crippen LogP contribution in [0, 0.1) is 0 Å². The minimum atomic E-state index is -0.630. The average Bonchev–Trinajstić information content (AvgIpc) is 2.71. The van der Waals surface area contributed by atoms with Gasteiger partial charge < -0.3 is 19.5 Å². The molecule has 144 valence electrons. The van der Waals surface area contributed by atoms with Crippen LogP contribution in [0.2, 0.25) is 0 Å². The lowest BCUT2D eigenvalue weighted by molar-refractivity contribution is -0.119. The van der Waals surface area contributed by atoms with E-state index in [1.165, 1.54) is 31.9 Å². The van der Waals surface area contributed by atoms with E-state index in [1.54, 1.807) is 6.07 Å². The first-order valence-electron chi connectivity index (χ1n) is 8.76. The molecule has 0 aliphatic rings. The van der Waals surface area contributed by atoms with Crippen molar-refractivity contribution in [2.45, 2.75) is 26.2 Å². The second kappa shape index (κ2) is 9.62. The van der Waals surface area contributed by atoms with Gasteiger partial charge in [0.15, 0.2) is 6.61 Å². The van der Waals surface area contributed by atoms with Gasteiger partial charge in [0.1, 0.15) is 11.5 Å². The number of amides is 1. The van der Waals surface area contributed by atoms with Crippen LogP contribution in [0.5, 0.6) is 11.5 Å². The molecule has 0 aromatic heterocycles. The molecule has 6 heteroatoms. The van der Waals surface area contributed by atoms with E-state index in [0.29, 0.717) is 23.1 Å². The molecule has 0 bridgehead atoms. The molecule has 0 heterocycles. The van der Waals surface area contributed by atoms with Crippen LogP contribution in [0.15, 0.2) is 42.5 Å². The number of rotatable bonds is 8. The van der Waals surface area contributed by atoms with Crippen molar-refractivity contribution in [3.05, 3.63) is 53.6 Å². The second-order valence-electron chi connectivity index (χ2n) is 6.16. The molecule has 1 amide bonds. The molecule has 0 saturated carbocycles. The average molecular weight is 371 g/mol. The summed E-state index contributed by atoms with van der Waals surface area (Å²) in [6, 6.07) is 12.3. The molecular formula is C21H25NO5. The highest BCUT2D eigenvalue weighted by Gasteiger charge is 2.13. The molecule has 27 heavy (non-hydrogen) atoms. The number of hydrogen-bond donors (Lipinski definition) is 1. The van der Waals surface area contributed by atoms with Crippen molar-refractivity contribution in [3.8, 4) is 11.5 Å². The Labute approximate surface area is 159 Å². The van der Waals surface area contributed by atoms with Crippen molar-refractivity contribution in [1.29, 1.82) is 0 Å². The van der Waals surface area contributed by atoms with E-state index in [-0.39, 0.29) is 12.2 Å². The van der Waals surface area contributed by atoms with Crippen LogP contribution < -0.4 is 14.8 Å². The third-order valence-corrected chi connectivity index (χ3v) is 4.30. The quantitative estimate of drug-likeness (QED) is 0.710. The molecular weight excluding hydrogens is 346 g/mol. The van der Waals surface area contributed by atoms with Gasteiger partial charge in [0.25, 0.3) is 5.91 Å². The second-order valence-corrected chi connectivity index (χ2v) is 6.16. The summed E-state index contributed by atoms with van der Waals surface area (Å²) in [5.41, 5.74) is 2.12. The number of benzene rings is 2. The largest absolute Gasteiger partial charge is 0.497 e. The van der Waals surface area contributed by atoms with Gasteiger partial charge in [-0.25, -0.2) is 4.79 Å². The van der Waals surface area contributed by atoms with Crippen molar-refractivity contribution < 1.29 is 23.8 Å².